The van der Waals surface area contributed by atoms with Crippen molar-refractivity contribution in [1.29, 1.82) is 0 Å². The third-order valence-electron chi connectivity index (χ3n) is 2.21. The zero-order chi connectivity index (χ0) is 9.42. The molecule has 1 aliphatic rings. The fraction of sp³-hybridized carbons (Fsp3) is 0.333. The van der Waals surface area contributed by atoms with E-state index in [4.69, 9.17) is 11.6 Å². The highest BCUT2D eigenvalue weighted by atomic mass is 35.5. The maximum absolute atomic E-state index is 10.7. The lowest BCUT2D eigenvalue weighted by Gasteiger charge is -2.00. The summed E-state index contributed by atoms with van der Waals surface area (Å²) in [6.45, 7) is 0. The predicted octanol–water partition coefficient (Wildman–Crippen LogP) is 3.13. The van der Waals surface area contributed by atoms with E-state index in [0.29, 0.717) is 10.9 Å². The van der Waals surface area contributed by atoms with Gasteiger partial charge in [0, 0.05) is 16.7 Å². The van der Waals surface area contributed by atoms with Crippen LogP contribution in [0.15, 0.2) is 18.2 Å². The van der Waals surface area contributed by atoms with Crippen LogP contribution in [0.2, 0.25) is 5.02 Å². The van der Waals surface area contributed by atoms with Crippen LogP contribution in [0, 0.1) is 10.1 Å². The number of halogens is 1. The van der Waals surface area contributed by atoms with E-state index in [1.807, 2.05) is 0 Å². The van der Waals surface area contributed by atoms with Crippen LogP contribution in [-0.2, 0) is 0 Å². The molecule has 2 rings (SSSR count). The Morgan fingerprint density at radius 2 is 2.15 bits per heavy atom. The van der Waals surface area contributed by atoms with Crippen LogP contribution in [0.1, 0.15) is 24.3 Å². The molecule has 1 aliphatic carbocycles. The molecule has 0 radical (unpaired) electrons. The topological polar surface area (TPSA) is 43.1 Å². The zero-order valence-corrected chi connectivity index (χ0v) is 7.62. The average molecular weight is 198 g/mol. The highest BCUT2D eigenvalue weighted by Crippen LogP contribution is 2.44. The molecule has 0 aliphatic heterocycles. The van der Waals surface area contributed by atoms with E-state index in [1.54, 1.807) is 12.1 Å². The SMILES string of the molecule is O=[N+]([O-])c1cc(Cl)ccc1C1CC1. The van der Waals surface area contributed by atoms with Gasteiger partial charge in [-0.1, -0.05) is 17.7 Å². The van der Waals surface area contributed by atoms with E-state index in [2.05, 4.69) is 0 Å². The Labute approximate surface area is 80.5 Å². The van der Waals surface area contributed by atoms with Gasteiger partial charge in [0.25, 0.3) is 5.69 Å². The van der Waals surface area contributed by atoms with Crippen molar-refractivity contribution in [2.24, 2.45) is 0 Å². The van der Waals surface area contributed by atoms with Gasteiger partial charge in [-0.3, -0.25) is 10.1 Å². The molecule has 0 bridgehead atoms. The van der Waals surface area contributed by atoms with Crippen molar-refractivity contribution < 1.29 is 4.92 Å². The van der Waals surface area contributed by atoms with E-state index in [9.17, 15) is 10.1 Å². The van der Waals surface area contributed by atoms with Gasteiger partial charge in [-0.2, -0.15) is 0 Å². The quantitative estimate of drug-likeness (QED) is 0.540. The van der Waals surface area contributed by atoms with Crippen molar-refractivity contribution in [2.45, 2.75) is 18.8 Å². The minimum atomic E-state index is -0.362. The van der Waals surface area contributed by atoms with Gasteiger partial charge >= 0.3 is 0 Å². The van der Waals surface area contributed by atoms with E-state index in [-0.39, 0.29) is 10.6 Å². The number of nitro groups is 1. The fourth-order valence-electron chi connectivity index (χ4n) is 1.41. The lowest BCUT2D eigenvalue weighted by atomic mass is 10.1. The molecule has 0 N–H and O–H groups in total. The van der Waals surface area contributed by atoms with Crippen LogP contribution in [0.4, 0.5) is 5.69 Å². The van der Waals surface area contributed by atoms with Gasteiger partial charge in [0.15, 0.2) is 0 Å². The van der Waals surface area contributed by atoms with Crippen molar-refractivity contribution in [1.82, 2.24) is 0 Å². The van der Waals surface area contributed by atoms with E-state index in [1.165, 1.54) is 6.07 Å². The molecular formula is C9H8ClNO2. The molecule has 0 amide bonds. The summed E-state index contributed by atoms with van der Waals surface area (Å²) in [6.07, 6.45) is 2.12. The first-order valence-corrected chi connectivity index (χ1v) is 4.50. The maximum Gasteiger partial charge on any atom is 0.274 e. The molecule has 4 heteroatoms. The predicted molar refractivity (Wildman–Crippen MR) is 50.1 cm³/mol. The van der Waals surface area contributed by atoms with Gasteiger partial charge in [0.05, 0.1) is 4.92 Å². The van der Waals surface area contributed by atoms with E-state index >= 15 is 0 Å². The van der Waals surface area contributed by atoms with Gasteiger partial charge in [-0.25, -0.2) is 0 Å². The summed E-state index contributed by atoms with van der Waals surface area (Å²) in [5, 5.41) is 11.1. The molecule has 0 saturated heterocycles. The summed E-state index contributed by atoms with van der Waals surface area (Å²) < 4.78 is 0. The van der Waals surface area contributed by atoms with Gasteiger partial charge in [-0.05, 0) is 24.8 Å². The minimum absolute atomic E-state index is 0.162. The Kier molecular flexibility index (Phi) is 1.96. The minimum Gasteiger partial charge on any atom is -0.258 e. The first-order chi connectivity index (χ1) is 6.18. The summed E-state index contributed by atoms with van der Waals surface area (Å²) in [5.41, 5.74) is 0.990. The van der Waals surface area contributed by atoms with Crippen LogP contribution >= 0.6 is 11.6 Å². The molecule has 0 atom stereocenters. The molecular weight excluding hydrogens is 190 g/mol. The standard InChI is InChI=1S/C9H8ClNO2/c10-7-3-4-8(6-1-2-6)9(5-7)11(12)13/h3-6H,1-2H2. The van der Waals surface area contributed by atoms with Crippen molar-refractivity contribution in [3.05, 3.63) is 38.9 Å². The number of nitro benzene ring substituents is 1. The van der Waals surface area contributed by atoms with Crippen molar-refractivity contribution >= 4 is 17.3 Å². The summed E-state index contributed by atoms with van der Waals surface area (Å²) in [4.78, 5) is 10.3. The van der Waals surface area contributed by atoms with Gasteiger partial charge in [0.1, 0.15) is 0 Å². The van der Waals surface area contributed by atoms with E-state index < -0.39 is 0 Å². The first kappa shape index (κ1) is 8.51. The van der Waals surface area contributed by atoms with E-state index in [0.717, 1.165) is 18.4 Å². The molecule has 3 nitrogen and oxygen atoms in total. The van der Waals surface area contributed by atoms with Crippen LogP contribution < -0.4 is 0 Å². The Hall–Kier alpha value is -1.09. The Morgan fingerprint density at radius 1 is 1.46 bits per heavy atom. The lowest BCUT2D eigenvalue weighted by Crippen LogP contribution is -1.93. The van der Waals surface area contributed by atoms with Crippen molar-refractivity contribution in [3.8, 4) is 0 Å². The second kappa shape index (κ2) is 3.00. The summed E-state index contributed by atoms with van der Waals surface area (Å²) >= 11 is 5.68. The molecule has 0 aromatic heterocycles. The monoisotopic (exact) mass is 197 g/mol. The third-order valence-corrected chi connectivity index (χ3v) is 2.44. The molecule has 13 heavy (non-hydrogen) atoms. The average Bonchev–Trinajstić information content (AvgIpc) is 2.87. The molecule has 0 heterocycles. The van der Waals surface area contributed by atoms with Gasteiger partial charge in [0.2, 0.25) is 0 Å². The molecule has 1 aromatic rings. The number of rotatable bonds is 2. The van der Waals surface area contributed by atoms with Gasteiger partial charge < -0.3 is 0 Å². The molecule has 68 valence electrons. The highest BCUT2D eigenvalue weighted by molar-refractivity contribution is 6.30. The molecule has 1 aromatic carbocycles. The maximum atomic E-state index is 10.7. The summed E-state index contributed by atoms with van der Waals surface area (Å²) in [7, 11) is 0. The Bertz CT molecular complexity index is 361. The van der Waals surface area contributed by atoms with Crippen molar-refractivity contribution in [3.63, 3.8) is 0 Å². The van der Waals surface area contributed by atoms with Crippen LogP contribution in [0.3, 0.4) is 0 Å². The number of hydrogen-bond acceptors (Lipinski definition) is 2. The number of hydrogen-bond donors (Lipinski definition) is 0. The van der Waals surface area contributed by atoms with Crippen LogP contribution in [-0.4, -0.2) is 4.92 Å². The zero-order valence-electron chi connectivity index (χ0n) is 6.87. The van der Waals surface area contributed by atoms with Crippen molar-refractivity contribution in [2.75, 3.05) is 0 Å². The normalized spacial score (nSPS) is 15.8. The Morgan fingerprint density at radius 3 is 2.69 bits per heavy atom. The van der Waals surface area contributed by atoms with Gasteiger partial charge in [-0.15, -0.1) is 0 Å². The highest BCUT2D eigenvalue weighted by Gasteiger charge is 2.30. The molecule has 1 fully saturated rings. The number of benzene rings is 1. The summed E-state index contributed by atoms with van der Waals surface area (Å²) in [6, 6.07) is 4.90. The smallest absolute Gasteiger partial charge is 0.258 e. The second-order valence-electron chi connectivity index (χ2n) is 3.23. The Balaban J connectivity index is 2.47. The fourth-order valence-corrected chi connectivity index (χ4v) is 1.58. The molecule has 1 saturated carbocycles. The third kappa shape index (κ3) is 1.65. The second-order valence-corrected chi connectivity index (χ2v) is 3.67. The molecule has 0 unspecified atom stereocenters. The largest absolute Gasteiger partial charge is 0.274 e. The lowest BCUT2D eigenvalue weighted by molar-refractivity contribution is -0.385. The molecule has 0 spiro atoms. The number of nitrogens with zero attached hydrogens (tertiary/aromatic N) is 1. The first-order valence-electron chi connectivity index (χ1n) is 4.12. The van der Waals surface area contributed by atoms with Crippen LogP contribution in [0.5, 0.6) is 0 Å². The van der Waals surface area contributed by atoms with Crippen LogP contribution in [0.25, 0.3) is 0 Å². The summed E-state index contributed by atoms with van der Waals surface area (Å²) in [5.74, 6) is 0.387.